The zero-order valence-electron chi connectivity index (χ0n) is 19.3. The van der Waals surface area contributed by atoms with Crippen molar-refractivity contribution in [3.05, 3.63) is 75.9 Å². The maximum absolute atomic E-state index is 15.0. The molecular formula is C27H21ClF2N4O2. The summed E-state index contributed by atoms with van der Waals surface area (Å²) in [7, 11) is 2.04. The Labute approximate surface area is 212 Å². The fourth-order valence-corrected chi connectivity index (χ4v) is 4.20. The Kier molecular flexibility index (Phi) is 7.49. The molecule has 0 aliphatic carbocycles. The van der Waals surface area contributed by atoms with Crippen molar-refractivity contribution in [3.63, 3.8) is 0 Å². The number of nitrogens with zero attached hydrogens (tertiary/aromatic N) is 3. The summed E-state index contributed by atoms with van der Waals surface area (Å²) in [6.45, 7) is 1.78. The van der Waals surface area contributed by atoms with Gasteiger partial charge in [-0.3, -0.25) is 4.79 Å². The third-order valence-electron chi connectivity index (χ3n) is 5.90. The Morgan fingerprint density at radius 3 is 2.64 bits per heavy atom. The van der Waals surface area contributed by atoms with Crippen LogP contribution >= 0.6 is 11.6 Å². The third kappa shape index (κ3) is 5.46. The van der Waals surface area contributed by atoms with E-state index < -0.39 is 17.5 Å². The van der Waals surface area contributed by atoms with Crippen molar-refractivity contribution in [1.82, 2.24) is 9.88 Å². The van der Waals surface area contributed by atoms with Gasteiger partial charge in [-0.1, -0.05) is 23.6 Å². The molecule has 4 rings (SSSR count). The molecule has 0 atom stereocenters. The van der Waals surface area contributed by atoms with Crippen molar-refractivity contribution >= 4 is 23.2 Å². The van der Waals surface area contributed by atoms with Gasteiger partial charge in [-0.05, 0) is 50.2 Å². The van der Waals surface area contributed by atoms with E-state index in [1.807, 2.05) is 13.1 Å². The number of nitriles is 1. The summed E-state index contributed by atoms with van der Waals surface area (Å²) in [5.41, 5.74) is 0.715. The van der Waals surface area contributed by atoms with Gasteiger partial charge in [-0.25, -0.2) is 13.8 Å². The number of nitrogens with one attached hydrogen (secondary N) is 1. The van der Waals surface area contributed by atoms with Crippen LogP contribution in [-0.4, -0.2) is 42.0 Å². The van der Waals surface area contributed by atoms with Crippen molar-refractivity contribution < 1.29 is 18.3 Å². The summed E-state index contributed by atoms with van der Waals surface area (Å²) in [5, 5.41) is 12.1. The van der Waals surface area contributed by atoms with Crippen molar-refractivity contribution in [1.29, 1.82) is 5.26 Å². The summed E-state index contributed by atoms with van der Waals surface area (Å²) >= 11 is 6.30. The van der Waals surface area contributed by atoms with E-state index >= 15 is 0 Å². The van der Waals surface area contributed by atoms with Crippen LogP contribution in [0.15, 0.2) is 42.6 Å². The number of terminal acetylenes is 1. The van der Waals surface area contributed by atoms with Crippen molar-refractivity contribution in [2.24, 2.45) is 0 Å². The third-order valence-corrected chi connectivity index (χ3v) is 6.21. The second-order valence-corrected chi connectivity index (χ2v) is 8.82. The van der Waals surface area contributed by atoms with Crippen molar-refractivity contribution in [3.8, 4) is 35.4 Å². The molecule has 182 valence electrons. The Morgan fingerprint density at radius 2 is 1.94 bits per heavy atom. The lowest BCUT2D eigenvalue weighted by Gasteiger charge is -2.29. The number of rotatable bonds is 5. The zero-order chi connectivity index (χ0) is 25.8. The number of benzene rings is 2. The first-order valence-electron chi connectivity index (χ1n) is 11.1. The van der Waals surface area contributed by atoms with Crippen LogP contribution in [-0.2, 0) is 0 Å². The molecule has 36 heavy (non-hydrogen) atoms. The van der Waals surface area contributed by atoms with Gasteiger partial charge < -0.3 is 15.0 Å². The topological polar surface area (TPSA) is 78.2 Å². The van der Waals surface area contributed by atoms with E-state index in [2.05, 4.69) is 21.1 Å². The quantitative estimate of drug-likeness (QED) is 0.478. The molecule has 0 bridgehead atoms. The molecule has 0 spiro atoms. The maximum Gasteiger partial charge on any atom is 0.257 e. The van der Waals surface area contributed by atoms with Crippen LogP contribution in [0, 0.1) is 35.3 Å². The number of amides is 1. The van der Waals surface area contributed by atoms with Gasteiger partial charge >= 0.3 is 0 Å². The molecule has 1 N–H and O–H groups in total. The highest BCUT2D eigenvalue weighted by Gasteiger charge is 2.21. The van der Waals surface area contributed by atoms with E-state index in [4.69, 9.17) is 22.8 Å². The van der Waals surface area contributed by atoms with Gasteiger partial charge in [0.1, 0.15) is 29.4 Å². The predicted molar refractivity (Wildman–Crippen MR) is 133 cm³/mol. The number of ether oxygens (including phenoxy) is 1. The van der Waals surface area contributed by atoms with Gasteiger partial charge in [0.25, 0.3) is 5.91 Å². The van der Waals surface area contributed by atoms with Gasteiger partial charge in [-0.15, -0.1) is 6.42 Å². The summed E-state index contributed by atoms with van der Waals surface area (Å²) in [5.74, 6) is 0.506. The van der Waals surface area contributed by atoms with E-state index in [9.17, 15) is 18.8 Å². The highest BCUT2D eigenvalue weighted by molar-refractivity contribution is 6.34. The van der Waals surface area contributed by atoms with Gasteiger partial charge in [-0.2, -0.15) is 5.26 Å². The Balaban J connectivity index is 1.54. The molecule has 1 amide bonds. The van der Waals surface area contributed by atoms with Crippen LogP contribution < -0.4 is 10.1 Å². The molecule has 0 saturated carbocycles. The average Bonchev–Trinajstić information content (AvgIpc) is 2.87. The highest BCUT2D eigenvalue weighted by Crippen LogP contribution is 2.32. The van der Waals surface area contributed by atoms with Gasteiger partial charge in [0.2, 0.25) is 5.88 Å². The molecule has 2 aromatic carbocycles. The largest absolute Gasteiger partial charge is 0.473 e. The minimum absolute atomic E-state index is 0.0353. The predicted octanol–water partition coefficient (Wildman–Crippen LogP) is 5.26. The van der Waals surface area contributed by atoms with Crippen LogP contribution in [0.1, 0.15) is 34.3 Å². The van der Waals surface area contributed by atoms with Gasteiger partial charge in [0, 0.05) is 29.8 Å². The van der Waals surface area contributed by atoms with Crippen molar-refractivity contribution in [2.75, 3.05) is 25.5 Å². The molecular weight excluding hydrogens is 486 g/mol. The molecule has 0 unspecified atom stereocenters. The number of halogens is 3. The lowest BCUT2D eigenvalue weighted by Crippen LogP contribution is -2.35. The van der Waals surface area contributed by atoms with Crippen LogP contribution in [0.3, 0.4) is 0 Å². The number of anilines is 1. The Morgan fingerprint density at radius 1 is 1.19 bits per heavy atom. The van der Waals surface area contributed by atoms with Crippen LogP contribution in [0.5, 0.6) is 5.88 Å². The first kappa shape index (κ1) is 25.1. The number of aromatic nitrogens is 1. The number of hydrogen-bond acceptors (Lipinski definition) is 5. The van der Waals surface area contributed by atoms with E-state index in [-0.39, 0.29) is 50.5 Å². The molecule has 9 heteroatoms. The average molecular weight is 507 g/mol. The van der Waals surface area contributed by atoms with E-state index in [1.54, 1.807) is 0 Å². The van der Waals surface area contributed by atoms with E-state index in [0.29, 0.717) is 0 Å². The van der Waals surface area contributed by atoms with Crippen LogP contribution in [0.25, 0.3) is 11.1 Å². The Bertz CT molecular complexity index is 1410. The standard InChI is InChI=1S/C27H21ClF2N4O2/c1-3-16-10-18(29)4-5-21(16)22-12-24(28)23(13-25(22)30)26(35)33-19-11-17(14-31)27(32-15-19)36-20-6-8-34(2)9-7-20/h1,4-5,10-13,15,20H,6-9H2,2H3,(H,33,35). The first-order chi connectivity index (χ1) is 17.3. The fourth-order valence-electron chi connectivity index (χ4n) is 3.95. The number of hydrogen-bond donors (Lipinski definition) is 1. The number of piperidine rings is 1. The lowest BCUT2D eigenvalue weighted by atomic mass is 9.98. The summed E-state index contributed by atoms with van der Waals surface area (Å²) in [4.78, 5) is 19.2. The maximum atomic E-state index is 15.0. The molecule has 1 aromatic heterocycles. The number of likely N-dealkylation sites (tertiary alicyclic amines) is 1. The minimum Gasteiger partial charge on any atom is -0.473 e. The van der Waals surface area contributed by atoms with Gasteiger partial charge in [0.05, 0.1) is 22.5 Å². The molecule has 2 heterocycles. The molecule has 1 fully saturated rings. The molecule has 1 saturated heterocycles. The summed E-state index contributed by atoms with van der Waals surface area (Å²) in [6.07, 6.45) is 8.39. The number of carbonyl (C=O) groups excluding carboxylic acids is 1. The van der Waals surface area contributed by atoms with E-state index in [0.717, 1.165) is 44.1 Å². The number of carbonyl (C=O) groups is 1. The fraction of sp³-hybridized carbons (Fsp3) is 0.222. The molecule has 6 nitrogen and oxygen atoms in total. The van der Waals surface area contributed by atoms with Crippen molar-refractivity contribution in [2.45, 2.75) is 18.9 Å². The minimum atomic E-state index is -0.759. The second-order valence-electron chi connectivity index (χ2n) is 8.41. The van der Waals surface area contributed by atoms with Crippen LogP contribution in [0.4, 0.5) is 14.5 Å². The lowest BCUT2D eigenvalue weighted by molar-refractivity contribution is 0.102. The monoisotopic (exact) mass is 506 g/mol. The molecule has 1 aliphatic heterocycles. The summed E-state index contributed by atoms with van der Waals surface area (Å²) in [6, 6.07) is 9.33. The molecule has 0 radical (unpaired) electrons. The normalized spacial score (nSPS) is 14.1. The summed E-state index contributed by atoms with van der Waals surface area (Å²) < 4.78 is 34.4. The Hall–Kier alpha value is -3.98. The zero-order valence-corrected chi connectivity index (χ0v) is 20.1. The highest BCUT2D eigenvalue weighted by atomic mass is 35.5. The van der Waals surface area contributed by atoms with Crippen LogP contribution in [0.2, 0.25) is 5.02 Å². The SMILES string of the molecule is C#Cc1cc(F)ccc1-c1cc(Cl)c(C(=O)Nc2cnc(OC3CCN(C)CC3)c(C#N)c2)cc1F. The van der Waals surface area contributed by atoms with E-state index in [1.165, 1.54) is 24.4 Å². The first-order valence-corrected chi connectivity index (χ1v) is 11.5. The number of pyridine rings is 1. The van der Waals surface area contributed by atoms with Gasteiger partial charge in [0.15, 0.2) is 0 Å². The molecule has 1 aliphatic rings. The smallest absolute Gasteiger partial charge is 0.257 e. The molecule has 3 aromatic rings. The second kappa shape index (κ2) is 10.7.